The normalized spacial score (nSPS) is 11.6. The standard InChI is InChI=1S/C20H29N5/c1-3-4-9-17-24-18-15-11-10-14(8-6-5-7-12-22-2)13-16(15)23-20(21)19(18)25-17/h10-11,13,22H,3-9,12H2,1-2H3,(H2,21,23)(H,24,25). The summed E-state index contributed by atoms with van der Waals surface area (Å²) in [5, 5.41) is 4.28. The van der Waals surface area contributed by atoms with Gasteiger partial charge in [-0.05, 0) is 50.9 Å². The molecule has 0 aliphatic rings. The average Bonchev–Trinajstić information content (AvgIpc) is 3.05. The number of aromatic nitrogens is 3. The van der Waals surface area contributed by atoms with Crippen LogP contribution in [-0.4, -0.2) is 28.5 Å². The highest BCUT2D eigenvalue weighted by atomic mass is 15.0. The fraction of sp³-hybridized carbons (Fsp3) is 0.500. The Bertz CT molecular complexity index is 837. The molecule has 0 saturated heterocycles. The van der Waals surface area contributed by atoms with Crippen LogP contribution in [0.1, 0.15) is 50.4 Å². The Morgan fingerprint density at radius 1 is 1.08 bits per heavy atom. The minimum absolute atomic E-state index is 0.545. The molecule has 0 spiro atoms. The van der Waals surface area contributed by atoms with Crippen molar-refractivity contribution in [2.75, 3.05) is 19.3 Å². The van der Waals surface area contributed by atoms with Gasteiger partial charge in [0.1, 0.15) is 22.7 Å². The van der Waals surface area contributed by atoms with Crippen molar-refractivity contribution in [1.82, 2.24) is 20.3 Å². The number of unbranched alkanes of at least 4 members (excludes halogenated alkanes) is 3. The van der Waals surface area contributed by atoms with Crippen LogP contribution in [-0.2, 0) is 12.8 Å². The molecule has 0 saturated carbocycles. The number of nitrogens with two attached hydrogens (primary N) is 1. The Hall–Kier alpha value is -2.14. The molecule has 2 heterocycles. The van der Waals surface area contributed by atoms with Crippen LogP contribution in [0.5, 0.6) is 0 Å². The van der Waals surface area contributed by atoms with E-state index in [4.69, 9.17) is 10.7 Å². The highest BCUT2D eigenvalue weighted by Crippen LogP contribution is 2.27. The lowest BCUT2D eigenvalue weighted by Crippen LogP contribution is -2.07. The molecular weight excluding hydrogens is 310 g/mol. The number of rotatable bonds is 9. The van der Waals surface area contributed by atoms with Crippen LogP contribution < -0.4 is 11.1 Å². The van der Waals surface area contributed by atoms with Crippen molar-refractivity contribution in [3.63, 3.8) is 0 Å². The number of nitrogens with zero attached hydrogens (tertiary/aromatic N) is 2. The molecule has 1 aromatic carbocycles. The number of nitrogens with one attached hydrogen (secondary N) is 2. The number of benzene rings is 1. The van der Waals surface area contributed by atoms with E-state index in [0.29, 0.717) is 5.82 Å². The number of imidazole rings is 1. The summed E-state index contributed by atoms with van der Waals surface area (Å²) in [5.74, 6) is 1.55. The quantitative estimate of drug-likeness (QED) is 0.515. The van der Waals surface area contributed by atoms with Crippen molar-refractivity contribution >= 4 is 27.8 Å². The summed E-state index contributed by atoms with van der Waals surface area (Å²) in [5.41, 5.74) is 10.3. The van der Waals surface area contributed by atoms with Gasteiger partial charge >= 0.3 is 0 Å². The molecule has 0 radical (unpaired) electrons. The summed E-state index contributed by atoms with van der Waals surface area (Å²) in [4.78, 5) is 12.7. The van der Waals surface area contributed by atoms with Gasteiger partial charge in [0.25, 0.3) is 0 Å². The van der Waals surface area contributed by atoms with E-state index in [2.05, 4.69) is 40.4 Å². The Labute approximate surface area is 149 Å². The highest BCUT2D eigenvalue weighted by molar-refractivity contribution is 6.06. The third-order valence-electron chi connectivity index (χ3n) is 4.73. The van der Waals surface area contributed by atoms with E-state index in [1.807, 2.05) is 7.05 Å². The van der Waals surface area contributed by atoms with Crippen molar-refractivity contribution in [2.45, 2.75) is 51.9 Å². The molecular formula is C20H29N5. The number of nitrogen functional groups attached to an aromatic ring is 1. The van der Waals surface area contributed by atoms with Gasteiger partial charge in [0, 0.05) is 11.8 Å². The smallest absolute Gasteiger partial charge is 0.150 e. The van der Waals surface area contributed by atoms with Gasteiger partial charge in [0.2, 0.25) is 0 Å². The number of fused-ring (bicyclic) bond motifs is 3. The molecule has 4 N–H and O–H groups in total. The monoisotopic (exact) mass is 339 g/mol. The first-order valence-electron chi connectivity index (χ1n) is 9.44. The number of aryl methyl sites for hydroxylation is 2. The summed E-state index contributed by atoms with van der Waals surface area (Å²) >= 11 is 0. The van der Waals surface area contributed by atoms with E-state index >= 15 is 0 Å². The van der Waals surface area contributed by atoms with Gasteiger partial charge in [-0.1, -0.05) is 31.9 Å². The zero-order valence-electron chi connectivity index (χ0n) is 15.4. The van der Waals surface area contributed by atoms with Crippen LogP contribution >= 0.6 is 0 Å². The van der Waals surface area contributed by atoms with Gasteiger partial charge in [-0.3, -0.25) is 0 Å². The summed E-state index contributed by atoms with van der Waals surface area (Å²) in [6.07, 6.45) is 8.00. The first-order valence-corrected chi connectivity index (χ1v) is 9.44. The summed E-state index contributed by atoms with van der Waals surface area (Å²) in [6.45, 7) is 3.28. The molecule has 5 heteroatoms. The predicted molar refractivity (Wildman–Crippen MR) is 106 cm³/mol. The molecule has 25 heavy (non-hydrogen) atoms. The lowest BCUT2D eigenvalue weighted by Gasteiger charge is -2.05. The molecule has 134 valence electrons. The highest BCUT2D eigenvalue weighted by Gasteiger charge is 2.12. The molecule has 0 atom stereocenters. The van der Waals surface area contributed by atoms with Crippen LogP contribution in [0.25, 0.3) is 21.9 Å². The second-order valence-corrected chi connectivity index (χ2v) is 6.77. The van der Waals surface area contributed by atoms with Crippen LogP contribution in [0.15, 0.2) is 18.2 Å². The lowest BCUT2D eigenvalue weighted by atomic mass is 10.0. The van der Waals surface area contributed by atoms with Crippen molar-refractivity contribution in [1.29, 1.82) is 0 Å². The number of anilines is 1. The topological polar surface area (TPSA) is 79.6 Å². The summed E-state index contributed by atoms with van der Waals surface area (Å²) in [6, 6.07) is 6.53. The van der Waals surface area contributed by atoms with Crippen LogP contribution in [0.2, 0.25) is 0 Å². The summed E-state index contributed by atoms with van der Waals surface area (Å²) in [7, 11) is 2.00. The Kier molecular flexibility index (Phi) is 5.87. The number of H-pyrrole nitrogens is 1. The molecule has 0 aliphatic heterocycles. The third-order valence-corrected chi connectivity index (χ3v) is 4.73. The first kappa shape index (κ1) is 17.7. The van der Waals surface area contributed by atoms with E-state index in [1.54, 1.807) is 0 Å². The maximum absolute atomic E-state index is 6.18. The van der Waals surface area contributed by atoms with Crippen molar-refractivity contribution < 1.29 is 0 Å². The lowest BCUT2D eigenvalue weighted by molar-refractivity contribution is 0.642. The zero-order chi connectivity index (χ0) is 17.6. The average molecular weight is 339 g/mol. The third kappa shape index (κ3) is 4.10. The largest absolute Gasteiger partial charge is 0.382 e. The maximum atomic E-state index is 6.18. The molecule has 0 fully saturated rings. The Balaban J connectivity index is 1.83. The van der Waals surface area contributed by atoms with Crippen molar-refractivity contribution in [3.8, 4) is 0 Å². The van der Waals surface area contributed by atoms with Gasteiger partial charge in [0.05, 0.1) is 5.52 Å². The van der Waals surface area contributed by atoms with E-state index < -0.39 is 0 Å². The van der Waals surface area contributed by atoms with Gasteiger partial charge in [-0.15, -0.1) is 0 Å². The van der Waals surface area contributed by atoms with Gasteiger partial charge in [0.15, 0.2) is 0 Å². The number of hydrogen-bond donors (Lipinski definition) is 3. The van der Waals surface area contributed by atoms with Crippen molar-refractivity contribution in [3.05, 3.63) is 29.6 Å². The van der Waals surface area contributed by atoms with Crippen molar-refractivity contribution in [2.24, 2.45) is 0 Å². The number of aromatic amines is 1. The predicted octanol–water partition coefficient (Wildman–Crippen LogP) is 3.97. The van der Waals surface area contributed by atoms with E-state index in [0.717, 1.165) is 60.0 Å². The fourth-order valence-electron chi connectivity index (χ4n) is 3.28. The van der Waals surface area contributed by atoms with Gasteiger partial charge < -0.3 is 16.0 Å². The van der Waals surface area contributed by atoms with Crippen LogP contribution in [0, 0.1) is 0 Å². The summed E-state index contributed by atoms with van der Waals surface area (Å²) < 4.78 is 0. The number of pyridine rings is 1. The maximum Gasteiger partial charge on any atom is 0.150 e. The van der Waals surface area contributed by atoms with E-state index in [1.165, 1.54) is 24.8 Å². The Morgan fingerprint density at radius 3 is 2.76 bits per heavy atom. The first-order chi connectivity index (χ1) is 12.2. The van der Waals surface area contributed by atoms with Gasteiger partial charge in [-0.2, -0.15) is 0 Å². The molecule has 5 nitrogen and oxygen atoms in total. The minimum Gasteiger partial charge on any atom is -0.382 e. The SMILES string of the molecule is CCCCc1nc2c([nH]1)c(N)nc1cc(CCCCCNC)ccc12. The molecule has 0 aliphatic carbocycles. The molecule has 0 amide bonds. The Morgan fingerprint density at radius 2 is 1.96 bits per heavy atom. The molecule has 3 rings (SSSR count). The molecule has 3 aromatic rings. The second-order valence-electron chi connectivity index (χ2n) is 6.77. The van der Waals surface area contributed by atoms with Crippen LogP contribution in [0.3, 0.4) is 0 Å². The molecule has 0 unspecified atom stereocenters. The number of hydrogen-bond acceptors (Lipinski definition) is 4. The van der Waals surface area contributed by atoms with Crippen LogP contribution in [0.4, 0.5) is 5.82 Å². The fourth-order valence-corrected chi connectivity index (χ4v) is 3.28. The second kappa shape index (κ2) is 8.30. The van der Waals surface area contributed by atoms with E-state index in [-0.39, 0.29) is 0 Å². The minimum atomic E-state index is 0.545. The molecule has 0 bridgehead atoms. The molecule has 2 aromatic heterocycles. The van der Waals surface area contributed by atoms with Gasteiger partial charge in [-0.25, -0.2) is 9.97 Å². The zero-order valence-corrected chi connectivity index (χ0v) is 15.4. The van der Waals surface area contributed by atoms with E-state index in [9.17, 15) is 0 Å².